The number of halogens is 1. The van der Waals surface area contributed by atoms with Gasteiger partial charge in [0.25, 0.3) is 0 Å². The summed E-state index contributed by atoms with van der Waals surface area (Å²) in [5.41, 5.74) is 0. The Morgan fingerprint density at radius 2 is 2.12 bits per heavy atom. The van der Waals surface area contributed by atoms with Crippen molar-refractivity contribution in [3.63, 3.8) is 0 Å². The van der Waals surface area contributed by atoms with Crippen LogP contribution < -0.4 is 0 Å². The van der Waals surface area contributed by atoms with E-state index in [1.54, 1.807) is 0 Å². The van der Waals surface area contributed by atoms with E-state index in [2.05, 4.69) is 0 Å². The van der Waals surface area contributed by atoms with Crippen LogP contribution >= 0.6 is 30.2 Å². The summed E-state index contributed by atoms with van der Waals surface area (Å²) in [5.74, 6) is 0. The molecule has 6 heteroatoms. The molecule has 4 nitrogen and oxygen atoms in total. The molecular formula is C2H3INO3P. The van der Waals surface area contributed by atoms with Crippen molar-refractivity contribution >= 4 is 30.2 Å². The molecule has 2 N–H and O–H groups in total. The highest BCUT2D eigenvalue weighted by molar-refractivity contribution is 14.1. The normalized spacial score (nSPS) is 14.8. The summed E-state index contributed by atoms with van der Waals surface area (Å²) in [6, 6.07) is 1.43. The van der Waals surface area contributed by atoms with E-state index in [0.29, 0.717) is 0 Å². The van der Waals surface area contributed by atoms with E-state index in [4.69, 9.17) is 15.0 Å². The molecule has 0 fully saturated rings. The predicted molar refractivity (Wildman–Crippen MR) is 35.5 cm³/mol. The fourth-order valence-electron chi connectivity index (χ4n) is 0.0752. The molecule has 0 saturated carbocycles. The van der Waals surface area contributed by atoms with Crippen LogP contribution in [0.25, 0.3) is 0 Å². The van der Waals surface area contributed by atoms with E-state index < -0.39 is 11.3 Å². The van der Waals surface area contributed by atoms with Gasteiger partial charge in [0.2, 0.25) is 0 Å². The Kier molecular flexibility index (Phi) is 2.91. The minimum atomic E-state index is -4.13. The highest BCUT2D eigenvalue weighted by atomic mass is 127. The molecule has 0 aromatic carbocycles. The van der Waals surface area contributed by atoms with Crippen LogP contribution in [0.5, 0.6) is 0 Å². The molecule has 0 aromatic heterocycles. The molecule has 0 aliphatic rings. The first-order valence-electron chi connectivity index (χ1n) is 1.57. The standard InChI is InChI=1S/C2H3INO3P/c3-2(1-4)8(5,6)7/h2H,(H2,5,6,7). The average molecular weight is 247 g/mol. The second-order valence-electron chi connectivity index (χ2n) is 1.05. The zero-order chi connectivity index (χ0) is 6.78. The molecule has 1 atom stereocenters. The molecule has 0 aliphatic carbocycles. The quantitative estimate of drug-likeness (QED) is 0.400. The lowest BCUT2D eigenvalue weighted by Crippen LogP contribution is -1.92. The molecule has 8 heavy (non-hydrogen) atoms. The molecule has 0 spiro atoms. The first-order valence-corrected chi connectivity index (χ1v) is 4.50. The van der Waals surface area contributed by atoms with Crippen molar-refractivity contribution in [2.75, 3.05) is 0 Å². The molecule has 0 saturated heterocycles. The topological polar surface area (TPSA) is 81.3 Å². The van der Waals surface area contributed by atoms with Crippen molar-refractivity contribution in [3.05, 3.63) is 0 Å². The molecular weight excluding hydrogens is 244 g/mol. The third-order valence-corrected chi connectivity index (χ3v) is 3.56. The van der Waals surface area contributed by atoms with Crippen molar-refractivity contribution in [2.24, 2.45) is 0 Å². The number of rotatable bonds is 1. The van der Waals surface area contributed by atoms with Crippen molar-refractivity contribution in [1.29, 1.82) is 5.26 Å². The van der Waals surface area contributed by atoms with Gasteiger partial charge in [-0.3, -0.25) is 4.57 Å². The minimum Gasteiger partial charge on any atom is -0.323 e. The Balaban J connectivity index is 4.09. The zero-order valence-electron chi connectivity index (χ0n) is 3.65. The molecule has 0 aliphatic heterocycles. The average Bonchev–Trinajstić information content (AvgIpc) is 1.62. The first kappa shape index (κ1) is 8.37. The van der Waals surface area contributed by atoms with Crippen LogP contribution in [-0.2, 0) is 4.57 Å². The lowest BCUT2D eigenvalue weighted by atomic mass is 10.9. The monoisotopic (exact) mass is 247 g/mol. The fraction of sp³-hybridized carbons (Fsp3) is 0.500. The van der Waals surface area contributed by atoms with Gasteiger partial charge in [0, 0.05) is 0 Å². The summed E-state index contributed by atoms with van der Waals surface area (Å²) in [5, 5.41) is 7.92. The Hall–Kier alpha value is 0.370. The van der Waals surface area contributed by atoms with Crippen molar-refractivity contribution < 1.29 is 14.4 Å². The van der Waals surface area contributed by atoms with Crippen LogP contribution in [0.2, 0.25) is 0 Å². The molecule has 0 radical (unpaired) electrons. The van der Waals surface area contributed by atoms with E-state index in [-0.39, 0.29) is 0 Å². The van der Waals surface area contributed by atoms with Gasteiger partial charge in [-0.15, -0.1) is 0 Å². The van der Waals surface area contributed by atoms with Gasteiger partial charge < -0.3 is 9.79 Å². The number of nitriles is 1. The Labute approximate surface area is 59.8 Å². The van der Waals surface area contributed by atoms with Crippen LogP contribution in [0.1, 0.15) is 0 Å². The van der Waals surface area contributed by atoms with Gasteiger partial charge in [-0.25, -0.2) is 0 Å². The number of hydrogen-bond acceptors (Lipinski definition) is 2. The maximum Gasteiger partial charge on any atom is 0.352 e. The van der Waals surface area contributed by atoms with Crippen molar-refractivity contribution in [2.45, 2.75) is 3.67 Å². The summed E-state index contributed by atoms with van der Waals surface area (Å²) in [6.45, 7) is 0. The molecule has 0 amide bonds. The van der Waals surface area contributed by atoms with Crippen molar-refractivity contribution in [1.82, 2.24) is 0 Å². The van der Waals surface area contributed by atoms with Crippen LogP contribution in [0.3, 0.4) is 0 Å². The van der Waals surface area contributed by atoms with Crippen LogP contribution in [0.4, 0.5) is 0 Å². The van der Waals surface area contributed by atoms with Crippen LogP contribution in [-0.4, -0.2) is 13.5 Å². The first-order chi connectivity index (χ1) is 3.48. The second-order valence-corrected chi connectivity index (χ2v) is 4.98. The lowest BCUT2D eigenvalue weighted by molar-refractivity contribution is 0.376. The number of nitrogens with zero attached hydrogens (tertiary/aromatic N) is 1. The molecule has 0 bridgehead atoms. The molecule has 0 aromatic rings. The Bertz CT molecular complexity index is 157. The van der Waals surface area contributed by atoms with Gasteiger partial charge in [0.15, 0.2) is 3.67 Å². The maximum atomic E-state index is 10.0. The molecule has 0 heterocycles. The van der Waals surface area contributed by atoms with Crippen LogP contribution in [0.15, 0.2) is 0 Å². The van der Waals surface area contributed by atoms with E-state index in [1.165, 1.54) is 28.7 Å². The molecule has 0 rings (SSSR count). The summed E-state index contributed by atoms with van der Waals surface area (Å²) >= 11 is 1.39. The third-order valence-electron chi connectivity index (χ3n) is 0.402. The van der Waals surface area contributed by atoms with Gasteiger partial charge in [-0.05, 0) is 0 Å². The summed E-state index contributed by atoms with van der Waals surface area (Å²) in [7, 11) is -4.13. The van der Waals surface area contributed by atoms with E-state index in [9.17, 15) is 4.57 Å². The highest BCUT2D eigenvalue weighted by Gasteiger charge is 2.24. The summed E-state index contributed by atoms with van der Waals surface area (Å²) in [6.07, 6.45) is 0. The minimum absolute atomic E-state index is 1.21. The van der Waals surface area contributed by atoms with Crippen LogP contribution in [0, 0.1) is 11.3 Å². The molecule has 46 valence electrons. The van der Waals surface area contributed by atoms with Gasteiger partial charge in [0.1, 0.15) is 0 Å². The zero-order valence-corrected chi connectivity index (χ0v) is 6.70. The van der Waals surface area contributed by atoms with Gasteiger partial charge in [-0.2, -0.15) is 5.26 Å². The van der Waals surface area contributed by atoms with Gasteiger partial charge in [0.05, 0.1) is 6.07 Å². The van der Waals surface area contributed by atoms with E-state index >= 15 is 0 Å². The fourth-order valence-corrected chi connectivity index (χ4v) is 0.226. The van der Waals surface area contributed by atoms with E-state index in [0.717, 1.165) is 0 Å². The Morgan fingerprint density at radius 3 is 2.12 bits per heavy atom. The predicted octanol–water partition coefficient (Wildman–Crippen LogP) is 0.449. The second kappa shape index (κ2) is 2.78. The Morgan fingerprint density at radius 1 is 1.75 bits per heavy atom. The largest absolute Gasteiger partial charge is 0.352 e. The smallest absolute Gasteiger partial charge is 0.323 e. The third kappa shape index (κ3) is 2.62. The van der Waals surface area contributed by atoms with Gasteiger partial charge >= 0.3 is 7.60 Å². The maximum absolute atomic E-state index is 10.0. The van der Waals surface area contributed by atoms with Crippen molar-refractivity contribution in [3.8, 4) is 6.07 Å². The lowest BCUT2D eigenvalue weighted by Gasteiger charge is -2.00. The summed E-state index contributed by atoms with van der Waals surface area (Å²) < 4.78 is 8.82. The molecule has 1 unspecified atom stereocenters. The highest BCUT2D eigenvalue weighted by Crippen LogP contribution is 2.44. The SMILES string of the molecule is N#CC(I)P(=O)(O)O. The van der Waals surface area contributed by atoms with E-state index in [1.807, 2.05) is 0 Å². The number of alkyl halides is 1. The van der Waals surface area contributed by atoms with Gasteiger partial charge in [-0.1, -0.05) is 22.6 Å². The number of hydrogen-bond donors (Lipinski definition) is 2. The summed E-state index contributed by atoms with van der Waals surface area (Å²) in [4.78, 5) is 16.3.